The van der Waals surface area contributed by atoms with Gasteiger partial charge in [-0.15, -0.1) is 0 Å². The number of hydrogen-bond acceptors (Lipinski definition) is 4. The molecule has 1 saturated carbocycles. The molecule has 1 aliphatic heterocycles. The van der Waals surface area contributed by atoms with Crippen LogP contribution in [0.15, 0.2) is 12.1 Å². The molecule has 2 aliphatic rings. The maximum atomic E-state index is 12.7. The van der Waals surface area contributed by atoms with Crippen LogP contribution >= 0.6 is 0 Å². The van der Waals surface area contributed by atoms with Gasteiger partial charge in [0.1, 0.15) is 12.4 Å². The molecule has 1 atom stereocenters. The van der Waals surface area contributed by atoms with Gasteiger partial charge in [-0.3, -0.25) is 4.79 Å². The molecule has 25 heavy (non-hydrogen) atoms. The molecule has 1 saturated heterocycles. The van der Waals surface area contributed by atoms with Crippen LogP contribution in [0.2, 0.25) is 0 Å². The van der Waals surface area contributed by atoms with Gasteiger partial charge in [0.05, 0.1) is 5.41 Å². The molecular formula is C21H32N2O2. The Morgan fingerprint density at radius 2 is 2.08 bits per heavy atom. The summed E-state index contributed by atoms with van der Waals surface area (Å²) in [5, 5.41) is 0. The van der Waals surface area contributed by atoms with Crippen molar-refractivity contribution < 1.29 is 9.53 Å². The molecule has 1 aromatic rings. The minimum Gasteiger partial charge on any atom is -0.476 e. The Morgan fingerprint density at radius 1 is 1.32 bits per heavy atom. The van der Waals surface area contributed by atoms with Gasteiger partial charge in [-0.1, -0.05) is 6.07 Å². The van der Waals surface area contributed by atoms with E-state index in [1.54, 1.807) is 0 Å². The number of aryl methyl sites for hydroxylation is 1. The van der Waals surface area contributed by atoms with E-state index < -0.39 is 5.41 Å². The summed E-state index contributed by atoms with van der Waals surface area (Å²) >= 11 is 0. The lowest BCUT2D eigenvalue weighted by atomic mass is 9.85. The fourth-order valence-electron chi connectivity index (χ4n) is 3.63. The van der Waals surface area contributed by atoms with E-state index in [4.69, 9.17) is 4.74 Å². The predicted octanol–water partition coefficient (Wildman–Crippen LogP) is 3.97. The Hall–Kier alpha value is -1.42. The molecule has 2 fully saturated rings. The molecule has 0 spiro atoms. The molecular weight excluding hydrogens is 312 g/mol. The summed E-state index contributed by atoms with van der Waals surface area (Å²) in [5.41, 5.74) is 1.72. The second-order valence-corrected chi connectivity index (χ2v) is 8.67. The summed E-state index contributed by atoms with van der Waals surface area (Å²) in [7, 11) is 2.16. The van der Waals surface area contributed by atoms with Crippen molar-refractivity contribution in [3.05, 3.63) is 23.4 Å². The zero-order chi connectivity index (χ0) is 18.0. The van der Waals surface area contributed by atoms with Crippen molar-refractivity contribution in [3.63, 3.8) is 0 Å². The van der Waals surface area contributed by atoms with Crippen LogP contribution in [0.25, 0.3) is 0 Å². The highest BCUT2D eigenvalue weighted by Crippen LogP contribution is 2.43. The van der Waals surface area contributed by atoms with E-state index in [1.807, 2.05) is 20.8 Å². The van der Waals surface area contributed by atoms with Crippen molar-refractivity contribution in [2.75, 3.05) is 26.7 Å². The molecule has 0 aromatic carbocycles. The molecule has 1 aromatic heterocycles. The number of carbonyl (C=O) groups is 1. The Bertz CT molecular complexity index is 622. The number of ether oxygens (including phenoxy) is 1. The average molecular weight is 344 g/mol. The Kier molecular flexibility index (Phi) is 5.47. The first kappa shape index (κ1) is 18.4. The summed E-state index contributed by atoms with van der Waals surface area (Å²) in [5.74, 6) is 2.32. The van der Waals surface area contributed by atoms with Crippen LogP contribution < -0.4 is 4.74 Å². The normalized spacial score (nSPS) is 21.5. The van der Waals surface area contributed by atoms with Gasteiger partial charge in [0.2, 0.25) is 5.88 Å². The van der Waals surface area contributed by atoms with Gasteiger partial charge >= 0.3 is 0 Å². The van der Waals surface area contributed by atoms with Crippen molar-refractivity contribution >= 4 is 5.78 Å². The predicted molar refractivity (Wildman–Crippen MR) is 100 cm³/mol. The Labute approximate surface area is 152 Å². The van der Waals surface area contributed by atoms with Crippen LogP contribution in [0, 0.1) is 18.3 Å². The fraction of sp³-hybridized carbons (Fsp3) is 0.714. The maximum Gasteiger partial charge on any atom is 0.217 e. The first-order chi connectivity index (χ1) is 11.8. The molecule has 4 nitrogen and oxygen atoms in total. The molecule has 0 radical (unpaired) electrons. The van der Waals surface area contributed by atoms with Gasteiger partial charge in [0.25, 0.3) is 0 Å². The van der Waals surface area contributed by atoms with E-state index in [-0.39, 0.29) is 0 Å². The van der Waals surface area contributed by atoms with E-state index in [2.05, 4.69) is 29.1 Å². The van der Waals surface area contributed by atoms with E-state index in [0.29, 0.717) is 30.6 Å². The van der Waals surface area contributed by atoms with E-state index in [0.717, 1.165) is 31.1 Å². The zero-order valence-electron chi connectivity index (χ0n) is 16.2. The molecule has 4 heteroatoms. The molecule has 0 bridgehead atoms. The zero-order valence-corrected chi connectivity index (χ0v) is 16.2. The number of rotatable bonds is 8. The second kappa shape index (κ2) is 7.45. The van der Waals surface area contributed by atoms with Crippen LogP contribution in [0.1, 0.15) is 63.1 Å². The van der Waals surface area contributed by atoms with Crippen LogP contribution in [0.4, 0.5) is 0 Å². The third kappa shape index (κ3) is 4.81. The molecule has 0 N–H and O–H groups in total. The number of nitrogens with zero attached hydrogens (tertiary/aromatic N) is 2. The highest BCUT2D eigenvalue weighted by atomic mass is 16.5. The lowest BCUT2D eigenvalue weighted by Gasteiger charge is -2.24. The molecule has 0 unspecified atom stereocenters. The first-order valence-corrected chi connectivity index (χ1v) is 9.67. The van der Waals surface area contributed by atoms with Gasteiger partial charge in [-0.2, -0.15) is 0 Å². The van der Waals surface area contributed by atoms with Crippen LogP contribution in [-0.4, -0.2) is 42.4 Å². The number of carbonyl (C=O) groups excluding carboxylic acids is 1. The van der Waals surface area contributed by atoms with Gasteiger partial charge in [0, 0.05) is 24.2 Å². The quantitative estimate of drug-likeness (QED) is 0.715. The smallest absolute Gasteiger partial charge is 0.217 e. The summed E-state index contributed by atoms with van der Waals surface area (Å²) in [6.45, 7) is 8.69. The minimum atomic E-state index is -0.462. The van der Waals surface area contributed by atoms with Gasteiger partial charge in [-0.05, 0) is 77.9 Å². The van der Waals surface area contributed by atoms with Crippen LogP contribution in [0.5, 0.6) is 5.88 Å². The second-order valence-electron chi connectivity index (χ2n) is 8.67. The number of hydrogen-bond donors (Lipinski definition) is 0. The third-order valence-electron chi connectivity index (χ3n) is 5.64. The number of aromatic nitrogens is 1. The monoisotopic (exact) mass is 344 g/mol. The summed E-state index contributed by atoms with van der Waals surface area (Å²) < 4.78 is 6.05. The largest absolute Gasteiger partial charge is 0.476 e. The first-order valence-electron chi connectivity index (χ1n) is 9.67. The lowest BCUT2D eigenvalue weighted by Crippen LogP contribution is -2.32. The number of likely N-dealkylation sites (tertiary alicyclic amines) is 1. The molecule has 2 heterocycles. The summed E-state index contributed by atoms with van der Waals surface area (Å²) in [4.78, 5) is 19.6. The Balaban J connectivity index is 1.54. The topological polar surface area (TPSA) is 42.4 Å². The fourth-order valence-corrected chi connectivity index (χ4v) is 3.63. The van der Waals surface area contributed by atoms with Gasteiger partial charge in [-0.25, -0.2) is 4.98 Å². The lowest BCUT2D eigenvalue weighted by molar-refractivity contribution is -0.128. The summed E-state index contributed by atoms with van der Waals surface area (Å²) in [6.07, 6.45) is 5.32. The minimum absolute atomic E-state index is 0.308. The van der Waals surface area contributed by atoms with E-state index >= 15 is 0 Å². The van der Waals surface area contributed by atoms with E-state index in [9.17, 15) is 4.79 Å². The maximum absolute atomic E-state index is 12.7. The Morgan fingerprint density at radius 3 is 2.72 bits per heavy atom. The molecule has 3 rings (SSSR count). The van der Waals surface area contributed by atoms with Crippen molar-refractivity contribution in [2.45, 2.75) is 58.8 Å². The molecule has 1 aliphatic carbocycles. The SMILES string of the molecule is Cc1ccc(C2CC2)c(OCC(C)(C)C(=O)CC[C@@H]2CCN(C)C2)n1. The van der Waals surface area contributed by atoms with Crippen LogP contribution in [0.3, 0.4) is 0 Å². The van der Waals surface area contributed by atoms with Gasteiger partial charge < -0.3 is 9.64 Å². The standard InChI is InChI=1S/C21H32N2O2/c1-15-5-9-18(17-7-8-17)20(22-15)25-14-21(2,3)19(24)10-6-16-11-12-23(4)13-16/h5,9,16-17H,6-8,10-14H2,1-4H3/t16-/m1/s1. The third-order valence-corrected chi connectivity index (χ3v) is 5.64. The highest BCUT2D eigenvalue weighted by molar-refractivity contribution is 5.84. The van der Waals surface area contributed by atoms with Crippen molar-refractivity contribution in [1.29, 1.82) is 0 Å². The number of Topliss-reactive ketones (excluding diaryl/α,β-unsaturated/α-hetero) is 1. The number of ketones is 1. The summed E-state index contributed by atoms with van der Waals surface area (Å²) in [6, 6.07) is 4.19. The van der Waals surface area contributed by atoms with Crippen LogP contribution in [-0.2, 0) is 4.79 Å². The van der Waals surface area contributed by atoms with E-state index in [1.165, 1.54) is 24.8 Å². The molecule has 0 amide bonds. The molecule has 138 valence electrons. The highest BCUT2D eigenvalue weighted by Gasteiger charge is 2.32. The number of pyridine rings is 1. The van der Waals surface area contributed by atoms with Crippen molar-refractivity contribution in [2.24, 2.45) is 11.3 Å². The van der Waals surface area contributed by atoms with Crippen molar-refractivity contribution in [3.8, 4) is 5.88 Å². The van der Waals surface area contributed by atoms with Crippen molar-refractivity contribution in [1.82, 2.24) is 9.88 Å². The average Bonchev–Trinajstić information content (AvgIpc) is 3.32. The van der Waals surface area contributed by atoms with Gasteiger partial charge in [0.15, 0.2) is 0 Å².